The zero-order valence-corrected chi connectivity index (χ0v) is 12.0. The summed E-state index contributed by atoms with van der Waals surface area (Å²) in [7, 11) is 1.50. The normalized spacial score (nSPS) is 11.8. The van der Waals surface area contributed by atoms with Gasteiger partial charge in [0, 0.05) is 0 Å². The van der Waals surface area contributed by atoms with Crippen molar-refractivity contribution in [1.29, 1.82) is 0 Å². The molecular formula is C16H12ClNO3. The SMILES string of the molecule is COc1ccc(C=C(Cl)c2nc3ccccc3o2)cc1O. The highest BCUT2D eigenvalue weighted by atomic mass is 35.5. The number of hydrogen-bond donors (Lipinski definition) is 1. The number of benzene rings is 2. The van der Waals surface area contributed by atoms with E-state index in [4.69, 9.17) is 20.8 Å². The van der Waals surface area contributed by atoms with Gasteiger partial charge in [0.05, 0.1) is 7.11 Å². The minimum Gasteiger partial charge on any atom is -0.504 e. The van der Waals surface area contributed by atoms with E-state index in [2.05, 4.69) is 4.98 Å². The van der Waals surface area contributed by atoms with Crippen molar-refractivity contribution < 1.29 is 14.3 Å². The van der Waals surface area contributed by atoms with E-state index in [1.165, 1.54) is 7.11 Å². The molecule has 0 radical (unpaired) electrons. The van der Waals surface area contributed by atoms with Crippen LogP contribution in [0.2, 0.25) is 0 Å². The Morgan fingerprint density at radius 1 is 1.29 bits per heavy atom. The van der Waals surface area contributed by atoms with Crippen molar-refractivity contribution in [3.8, 4) is 11.5 Å². The number of nitrogens with zero attached hydrogens (tertiary/aromatic N) is 1. The molecule has 3 aromatic rings. The molecule has 0 aliphatic rings. The van der Waals surface area contributed by atoms with Crippen LogP contribution in [0, 0.1) is 0 Å². The van der Waals surface area contributed by atoms with Crippen molar-refractivity contribution in [2.75, 3.05) is 7.11 Å². The van der Waals surface area contributed by atoms with Crippen molar-refractivity contribution in [2.24, 2.45) is 0 Å². The van der Waals surface area contributed by atoms with E-state index in [0.29, 0.717) is 22.3 Å². The summed E-state index contributed by atoms with van der Waals surface area (Å²) in [5.74, 6) is 0.798. The number of rotatable bonds is 3. The van der Waals surface area contributed by atoms with Gasteiger partial charge in [0.2, 0.25) is 5.89 Å². The predicted octanol–water partition coefficient (Wildman–Crippen LogP) is 4.28. The van der Waals surface area contributed by atoms with Gasteiger partial charge in [0.1, 0.15) is 10.5 Å². The molecule has 106 valence electrons. The van der Waals surface area contributed by atoms with Gasteiger partial charge in [-0.25, -0.2) is 4.98 Å². The Morgan fingerprint density at radius 3 is 2.81 bits per heavy atom. The first-order chi connectivity index (χ1) is 10.2. The molecule has 0 unspecified atom stereocenters. The maximum Gasteiger partial charge on any atom is 0.238 e. The van der Waals surface area contributed by atoms with Gasteiger partial charge in [-0.05, 0) is 35.9 Å². The predicted molar refractivity (Wildman–Crippen MR) is 82.4 cm³/mol. The lowest BCUT2D eigenvalue weighted by Crippen LogP contribution is -1.84. The van der Waals surface area contributed by atoms with Gasteiger partial charge < -0.3 is 14.3 Å². The van der Waals surface area contributed by atoms with Crippen LogP contribution in [-0.2, 0) is 0 Å². The van der Waals surface area contributed by atoms with Crippen molar-refractivity contribution in [3.05, 3.63) is 53.9 Å². The van der Waals surface area contributed by atoms with Crippen molar-refractivity contribution in [2.45, 2.75) is 0 Å². The molecule has 5 heteroatoms. The third kappa shape index (κ3) is 2.71. The highest BCUT2D eigenvalue weighted by Gasteiger charge is 2.09. The molecular weight excluding hydrogens is 290 g/mol. The molecule has 0 amide bonds. The molecule has 1 N–H and O–H groups in total. The highest BCUT2D eigenvalue weighted by molar-refractivity contribution is 6.50. The number of fused-ring (bicyclic) bond motifs is 1. The molecule has 0 aliphatic carbocycles. The van der Waals surface area contributed by atoms with E-state index in [9.17, 15) is 5.11 Å². The van der Waals surface area contributed by atoms with E-state index in [-0.39, 0.29) is 5.75 Å². The second-order valence-corrected chi connectivity index (χ2v) is 4.82. The fourth-order valence-corrected chi connectivity index (χ4v) is 2.19. The van der Waals surface area contributed by atoms with Crippen molar-refractivity contribution in [1.82, 2.24) is 4.98 Å². The Morgan fingerprint density at radius 2 is 2.10 bits per heavy atom. The zero-order valence-electron chi connectivity index (χ0n) is 11.2. The third-order valence-corrected chi connectivity index (χ3v) is 3.27. The Hall–Kier alpha value is -2.46. The number of para-hydroxylation sites is 2. The van der Waals surface area contributed by atoms with Crippen LogP contribution in [0.5, 0.6) is 11.5 Å². The molecule has 0 spiro atoms. The van der Waals surface area contributed by atoms with Crippen LogP contribution >= 0.6 is 11.6 Å². The number of halogens is 1. The lowest BCUT2D eigenvalue weighted by Gasteiger charge is -2.03. The summed E-state index contributed by atoms with van der Waals surface area (Å²) in [6, 6.07) is 12.4. The maximum atomic E-state index is 9.75. The summed E-state index contributed by atoms with van der Waals surface area (Å²) in [5.41, 5.74) is 2.15. The molecule has 0 bridgehead atoms. The first kappa shape index (κ1) is 13.5. The molecule has 1 heterocycles. The topological polar surface area (TPSA) is 55.5 Å². The molecule has 4 nitrogen and oxygen atoms in total. The number of phenolic OH excluding ortho intramolecular Hbond substituents is 1. The van der Waals surface area contributed by atoms with Gasteiger partial charge >= 0.3 is 0 Å². The minimum atomic E-state index is 0.0493. The number of phenols is 1. The molecule has 0 aliphatic heterocycles. The Labute approximate surface area is 126 Å². The van der Waals surface area contributed by atoms with Crippen LogP contribution in [0.1, 0.15) is 11.5 Å². The van der Waals surface area contributed by atoms with E-state index < -0.39 is 0 Å². The van der Waals surface area contributed by atoms with Crippen LogP contribution < -0.4 is 4.74 Å². The molecule has 21 heavy (non-hydrogen) atoms. The van der Waals surface area contributed by atoms with Gasteiger partial charge in [0.15, 0.2) is 17.1 Å². The van der Waals surface area contributed by atoms with Gasteiger partial charge in [0.25, 0.3) is 0 Å². The molecule has 1 aromatic heterocycles. The fraction of sp³-hybridized carbons (Fsp3) is 0.0625. The zero-order chi connectivity index (χ0) is 14.8. The monoisotopic (exact) mass is 301 g/mol. The maximum absolute atomic E-state index is 9.75. The number of aromatic hydroxyl groups is 1. The molecule has 0 saturated carbocycles. The molecule has 0 atom stereocenters. The second-order valence-electron chi connectivity index (χ2n) is 4.41. The quantitative estimate of drug-likeness (QED) is 0.784. The van der Waals surface area contributed by atoms with Crippen molar-refractivity contribution >= 4 is 33.8 Å². The van der Waals surface area contributed by atoms with Crippen LogP contribution in [-0.4, -0.2) is 17.2 Å². The number of oxazole rings is 1. The van der Waals surface area contributed by atoms with Gasteiger partial charge in [-0.15, -0.1) is 0 Å². The Balaban J connectivity index is 1.96. The Bertz CT molecular complexity index is 790. The van der Waals surface area contributed by atoms with Crippen LogP contribution in [0.15, 0.2) is 46.9 Å². The first-order valence-electron chi connectivity index (χ1n) is 6.27. The van der Waals surface area contributed by atoms with Crippen LogP contribution in [0.3, 0.4) is 0 Å². The number of hydrogen-bond acceptors (Lipinski definition) is 4. The van der Waals surface area contributed by atoms with Gasteiger partial charge in [-0.3, -0.25) is 0 Å². The average molecular weight is 302 g/mol. The van der Waals surface area contributed by atoms with E-state index in [1.807, 2.05) is 24.3 Å². The number of ether oxygens (including phenoxy) is 1. The molecule has 2 aromatic carbocycles. The number of methoxy groups -OCH3 is 1. The summed E-state index contributed by atoms with van der Waals surface area (Å²) >= 11 is 6.23. The summed E-state index contributed by atoms with van der Waals surface area (Å²) in [5, 5.41) is 10.1. The lowest BCUT2D eigenvalue weighted by molar-refractivity contribution is 0.373. The second kappa shape index (κ2) is 5.50. The standard InChI is InChI=1S/C16H12ClNO3/c1-20-15-7-6-10(9-13(15)19)8-11(17)16-18-12-4-2-3-5-14(12)21-16/h2-9,19H,1H3. The molecule has 0 saturated heterocycles. The van der Waals surface area contributed by atoms with Gasteiger partial charge in [-0.2, -0.15) is 0 Å². The number of aromatic nitrogens is 1. The average Bonchev–Trinajstić information content (AvgIpc) is 2.91. The van der Waals surface area contributed by atoms with E-state index >= 15 is 0 Å². The summed E-state index contributed by atoms with van der Waals surface area (Å²) in [6.07, 6.45) is 1.67. The third-order valence-electron chi connectivity index (χ3n) is 2.99. The van der Waals surface area contributed by atoms with Crippen molar-refractivity contribution in [3.63, 3.8) is 0 Å². The summed E-state index contributed by atoms with van der Waals surface area (Å²) in [6.45, 7) is 0. The van der Waals surface area contributed by atoms with Gasteiger partial charge in [-0.1, -0.05) is 29.8 Å². The smallest absolute Gasteiger partial charge is 0.238 e. The summed E-state index contributed by atoms with van der Waals surface area (Å²) in [4.78, 5) is 4.31. The first-order valence-corrected chi connectivity index (χ1v) is 6.65. The lowest BCUT2D eigenvalue weighted by atomic mass is 10.2. The van der Waals surface area contributed by atoms with E-state index in [1.54, 1.807) is 24.3 Å². The summed E-state index contributed by atoms with van der Waals surface area (Å²) < 4.78 is 10.6. The highest BCUT2D eigenvalue weighted by Crippen LogP contribution is 2.30. The largest absolute Gasteiger partial charge is 0.504 e. The Kier molecular flexibility index (Phi) is 3.54. The fourth-order valence-electron chi connectivity index (χ4n) is 1.98. The van der Waals surface area contributed by atoms with Crippen LogP contribution in [0.25, 0.3) is 22.2 Å². The van der Waals surface area contributed by atoms with Crippen LogP contribution in [0.4, 0.5) is 0 Å². The molecule has 3 rings (SSSR count). The van der Waals surface area contributed by atoms with E-state index in [0.717, 1.165) is 11.1 Å². The molecule has 0 fully saturated rings. The minimum absolute atomic E-state index is 0.0493.